The van der Waals surface area contributed by atoms with Gasteiger partial charge in [0.15, 0.2) is 11.0 Å². The van der Waals surface area contributed by atoms with Gasteiger partial charge < -0.3 is 5.73 Å². The first-order valence-corrected chi connectivity index (χ1v) is 4.11. The maximum Gasteiger partial charge on any atom is 0.301 e. The number of nitrogens with zero attached hydrogens (tertiary/aromatic N) is 1. The van der Waals surface area contributed by atoms with E-state index in [1.807, 2.05) is 0 Å². The molecule has 0 atom stereocenters. The Labute approximate surface area is 72.7 Å². The zero-order valence-corrected chi connectivity index (χ0v) is 7.30. The SMILES string of the molecule is CN=C(N)SCCC(F)=C(F)F. The second kappa shape index (κ2) is 5.93. The van der Waals surface area contributed by atoms with E-state index in [0.717, 1.165) is 11.8 Å². The minimum absolute atomic E-state index is 0.173. The highest BCUT2D eigenvalue weighted by Gasteiger charge is 2.04. The molecular weight excluding hydrogens is 189 g/mol. The van der Waals surface area contributed by atoms with Crippen molar-refractivity contribution < 1.29 is 13.2 Å². The standard InChI is InChI=1S/C6H9F3N2S/c1-11-6(10)12-3-2-4(7)5(8)9/h2-3H2,1H3,(H2,10,11). The van der Waals surface area contributed by atoms with Crippen molar-refractivity contribution in [2.24, 2.45) is 10.7 Å². The molecule has 2 nitrogen and oxygen atoms in total. The molecule has 0 saturated carbocycles. The Morgan fingerprint density at radius 1 is 1.42 bits per heavy atom. The van der Waals surface area contributed by atoms with Crippen LogP contribution < -0.4 is 5.73 Å². The van der Waals surface area contributed by atoms with E-state index in [-0.39, 0.29) is 17.3 Å². The van der Waals surface area contributed by atoms with Gasteiger partial charge >= 0.3 is 6.08 Å². The summed E-state index contributed by atoms with van der Waals surface area (Å²) < 4.78 is 35.1. The largest absolute Gasteiger partial charge is 0.379 e. The number of rotatable bonds is 3. The van der Waals surface area contributed by atoms with Gasteiger partial charge in [0.05, 0.1) is 0 Å². The molecule has 70 valence electrons. The molecule has 12 heavy (non-hydrogen) atoms. The third-order valence-electron chi connectivity index (χ3n) is 0.997. The summed E-state index contributed by atoms with van der Waals surface area (Å²) in [6.07, 6.45) is -2.58. The van der Waals surface area contributed by atoms with E-state index in [1.165, 1.54) is 7.05 Å². The fraction of sp³-hybridized carbons (Fsp3) is 0.500. The van der Waals surface area contributed by atoms with Gasteiger partial charge in [0.2, 0.25) is 0 Å². The van der Waals surface area contributed by atoms with Gasteiger partial charge in [0.25, 0.3) is 0 Å². The zero-order chi connectivity index (χ0) is 9.56. The molecule has 0 heterocycles. The van der Waals surface area contributed by atoms with Crippen LogP contribution in [0.15, 0.2) is 16.9 Å². The second-order valence-corrected chi connectivity index (χ2v) is 2.94. The third kappa shape index (κ3) is 5.06. The molecule has 0 rings (SSSR count). The van der Waals surface area contributed by atoms with Crippen molar-refractivity contribution in [1.82, 2.24) is 0 Å². The van der Waals surface area contributed by atoms with Gasteiger partial charge in [-0.25, -0.2) is 4.39 Å². The highest BCUT2D eigenvalue weighted by Crippen LogP contribution is 2.15. The molecule has 0 aromatic rings. The summed E-state index contributed by atoms with van der Waals surface area (Å²) in [4.78, 5) is 3.56. The molecule has 0 radical (unpaired) electrons. The molecule has 0 aliphatic rings. The minimum Gasteiger partial charge on any atom is -0.379 e. The zero-order valence-electron chi connectivity index (χ0n) is 6.48. The molecule has 0 bridgehead atoms. The van der Waals surface area contributed by atoms with Crippen molar-refractivity contribution in [1.29, 1.82) is 0 Å². The van der Waals surface area contributed by atoms with Crippen LogP contribution in [0, 0.1) is 0 Å². The van der Waals surface area contributed by atoms with E-state index >= 15 is 0 Å². The predicted molar refractivity (Wildman–Crippen MR) is 45.0 cm³/mol. The fourth-order valence-electron chi connectivity index (χ4n) is 0.404. The molecule has 0 aromatic carbocycles. The summed E-state index contributed by atoms with van der Waals surface area (Å²) in [6, 6.07) is 0. The Hall–Kier alpha value is -0.650. The van der Waals surface area contributed by atoms with E-state index < -0.39 is 11.9 Å². The van der Waals surface area contributed by atoms with Crippen molar-refractivity contribution in [3.05, 3.63) is 11.9 Å². The molecule has 2 N–H and O–H groups in total. The maximum absolute atomic E-state index is 12.1. The first-order valence-electron chi connectivity index (χ1n) is 3.12. The summed E-state index contributed by atoms with van der Waals surface area (Å²) in [5, 5.41) is 0.266. The predicted octanol–water partition coefficient (Wildman–Crippen LogP) is 2.13. The van der Waals surface area contributed by atoms with Gasteiger partial charge in [0, 0.05) is 19.2 Å². The summed E-state index contributed by atoms with van der Waals surface area (Å²) in [5.41, 5.74) is 5.22. The second-order valence-electron chi connectivity index (χ2n) is 1.83. The third-order valence-corrected chi connectivity index (χ3v) is 1.88. The lowest BCUT2D eigenvalue weighted by Crippen LogP contribution is -2.06. The van der Waals surface area contributed by atoms with Crippen LogP contribution in [-0.4, -0.2) is 18.0 Å². The van der Waals surface area contributed by atoms with Gasteiger partial charge in [-0.05, 0) is 0 Å². The van der Waals surface area contributed by atoms with Gasteiger partial charge in [-0.3, -0.25) is 4.99 Å². The van der Waals surface area contributed by atoms with Gasteiger partial charge in [0.1, 0.15) is 0 Å². The maximum atomic E-state index is 12.1. The lowest BCUT2D eigenvalue weighted by Gasteiger charge is -1.96. The summed E-state index contributed by atoms with van der Waals surface area (Å²) >= 11 is 1.04. The molecule has 0 aliphatic heterocycles. The fourth-order valence-corrected chi connectivity index (χ4v) is 1.02. The molecule has 0 fully saturated rings. The monoisotopic (exact) mass is 198 g/mol. The normalized spacial score (nSPS) is 11.5. The number of allylic oxidation sites excluding steroid dienone is 1. The van der Waals surface area contributed by atoms with Crippen LogP contribution in [0.2, 0.25) is 0 Å². The molecule has 0 aliphatic carbocycles. The Kier molecular flexibility index (Phi) is 5.61. The Bertz CT molecular complexity index is 199. The smallest absolute Gasteiger partial charge is 0.301 e. The number of thioether (sulfide) groups is 1. The van der Waals surface area contributed by atoms with Crippen LogP contribution in [0.25, 0.3) is 0 Å². The lowest BCUT2D eigenvalue weighted by atomic mass is 10.4. The molecule has 0 amide bonds. The van der Waals surface area contributed by atoms with Crippen molar-refractivity contribution in [3.63, 3.8) is 0 Å². The van der Waals surface area contributed by atoms with Gasteiger partial charge in [-0.15, -0.1) is 0 Å². The van der Waals surface area contributed by atoms with Crippen LogP contribution in [0.4, 0.5) is 13.2 Å². The van der Waals surface area contributed by atoms with Gasteiger partial charge in [-0.2, -0.15) is 8.78 Å². The molecule has 0 saturated heterocycles. The average molecular weight is 198 g/mol. The minimum atomic E-state index is -2.26. The Balaban J connectivity index is 3.65. The number of amidine groups is 1. The van der Waals surface area contributed by atoms with Crippen LogP contribution in [0.1, 0.15) is 6.42 Å². The number of aliphatic imine (C=N–C) groups is 1. The van der Waals surface area contributed by atoms with E-state index in [2.05, 4.69) is 4.99 Å². The van der Waals surface area contributed by atoms with Crippen molar-refractivity contribution in [3.8, 4) is 0 Å². The van der Waals surface area contributed by atoms with E-state index in [1.54, 1.807) is 0 Å². The van der Waals surface area contributed by atoms with Crippen LogP contribution >= 0.6 is 11.8 Å². The van der Waals surface area contributed by atoms with Crippen LogP contribution in [0.5, 0.6) is 0 Å². The molecule has 0 aromatic heterocycles. The molecule has 0 unspecified atom stereocenters. The number of halogens is 3. The highest BCUT2D eigenvalue weighted by atomic mass is 32.2. The van der Waals surface area contributed by atoms with E-state index in [9.17, 15) is 13.2 Å². The summed E-state index contributed by atoms with van der Waals surface area (Å²) in [7, 11) is 1.48. The quantitative estimate of drug-likeness (QED) is 0.557. The summed E-state index contributed by atoms with van der Waals surface area (Å²) in [5.74, 6) is -1.21. The number of hydrogen-bond donors (Lipinski definition) is 1. The van der Waals surface area contributed by atoms with Crippen molar-refractivity contribution >= 4 is 16.9 Å². The van der Waals surface area contributed by atoms with E-state index in [0.29, 0.717) is 0 Å². The molecular formula is C6H9F3N2S. The van der Waals surface area contributed by atoms with Crippen LogP contribution in [0.3, 0.4) is 0 Å². The first-order chi connectivity index (χ1) is 5.57. The molecule has 6 heteroatoms. The highest BCUT2D eigenvalue weighted by molar-refractivity contribution is 8.13. The Morgan fingerprint density at radius 3 is 2.42 bits per heavy atom. The molecule has 0 spiro atoms. The first kappa shape index (κ1) is 11.4. The van der Waals surface area contributed by atoms with Crippen molar-refractivity contribution in [2.45, 2.75) is 6.42 Å². The number of hydrogen-bond acceptors (Lipinski definition) is 2. The Morgan fingerprint density at radius 2 is 2.00 bits per heavy atom. The lowest BCUT2D eigenvalue weighted by molar-refractivity contribution is 0.373. The van der Waals surface area contributed by atoms with E-state index in [4.69, 9.17) is 5.73 Å². The van der Waals surface area contributed by atoms with Crippen molar-refractivity contribution in [2.75, 3.05) is 12.8 Å². The topological polar surface area (TPSA) is 38.4 Å². The van der Waals surface area contributed by atoms with Crippen LogP contribution in [-0.2, 0) is 0 Å². The number of nitrogens with two attached hydrogens (primary N) is 1. The summed E-state index contributed by atoms with van der Waals surface area (Å²) in [6.45, 7) is 0. The van der Waals surface area contributed by atoms with Gasteiger partial charge in [-0.1, -0.05) is 11.8 Å². The average Bonchev–Trinajstić information content (AvgIpc) is 2.03.